The van der Waals surface area contributed by atoms with E-state index in [4.69, 9.17) is 16.3 Å². The Kier molecular flexibility index (Phi) is 6.59. The van der Waals surface area contributed by atoms with E-state index < -0.39 is 10.0 Å². The second kappa shape index (κ2) is 8.94. The van der Waals surface area contributed by atoms with Gasteiger partial charge < -0.3 is 9.64 Å². The number of carbonyl (C=O) groups is 1. The van der Waals surface area contributed by atoms with Gasteiger partial charge in [0.2, 0.25) is 15.9 Å². The van der Waals surface area contributed by atoms with Crippen molar-refractivity contribution in [2.45, 2.75) is 30.2 Å². The fourth-order valence-corrected chi connectivity index (χ4v) is 4.65. The van der Waals surface area contributed by atoms with Gasteiger partial charge in [0.25, 0.3) is 0 Å². The number of hydrogen-bond acceptors (Lipinski definition) is 4. The highest BCUT2D eigenvalue weighted by Gasteiger charge is 2.26. The summed E-state index contributed by atoms with van der Waals surface area (Å²) in [5.41, 5.74) is 0.898. The Morgan fingerprint density at radius 3 is 2.50 bits per heavy atom. The van der Waals surface area contributed by atoms with Crippen molar-refractivity contribution in [2.75, 3.05) is 20.2 Å². The normalized spacial score (nSPS) is 15.4. The highest BCUT2D eigenvalue weighted by Crippen LogP contribution is 2.19. The minimum atomic E-state index is -3.60. The first kappa shape index (κ1) is 20.6. The van der Waals surface area contributed by atoms with E-state index in [1.54, 1.807) is 24.1 Å². The molecule has 0 aromatic heterocycles. The standard InChI is InChI=1S/C20H23ClN2O4S/c1-27-18-4-2-3-15(13-18)14-20(24)23-11-9-17(10-12-23)22-28(25,26)19-7-5-16(21)6-8-19/h2-8,13,17,22H,9-12,14H2,1H3. The first-order chi connectivity index (χ1) is 13.4. The quantitative estimate of drug-likeness (QED) is 0.776. The molecule has 1 heterocycles. The Morgan fingerprint density at radius 2 is 1.86 bits per heavy atom. The monoisotopic (exact) mass is 422 g/mol. The average molecular weight is 423 g/mol. The number of nitrogens with zero attached hydrogens (tertiary/aromatic N) is 1. The van der Waals surface area contributed by atoms with Crippen LogP contribution in [0.4, 0.5) is 0 Å². The van der Waals surface area contributed by atoms with Gasteiger partial charge in [-0.1, -0.05) is 23.7 Å². The molecule has 6 nitrogen and oxygen atoms in total. The summed E-state index contributed by atoms with van der Waals surface area (Å²) in [4.78, 5) is 14.5. The van der Waals surface area contributed by atoms with Gasteiger partial charge in [-0.05, 0) is 54.8 Å². The molecule has 3 rings (SSSR count). The van der Waals surface area contributed by atoms with Crippen molar-refractivity contribution in [3.8, 4) is 5.75 Å². The van der Waals surface area contributed by atoms with Gasteiger partial charge in [-0.3, -0.25) is 4.79 Å². The van der Waals surface area contributed by atoms with Gasteiger partial charge in [0.15, 0.2) is 0 Å². The van der Waals surface area contributed by atoms with E-state index in [0.717, 1.165) is 11.3 Å². The van der Waals surface area contributed by atoms with Crippen molar-refractivity contribution >= 4 is 27.5 Å². The first-order valence-corrected chi connectivity index (χ1v) is 10.9. The highest BCUT2D eigenvalue weighted by molar-refractivity contribution is 7.89. The van der Waals surface area contributed by atoms with E-state index >= 15 is 0 Å². The summed E-state index contributed by atoms with van der Waals surface area (Å²) in [6, 6.07) is 13.3. The zero-order valence-electron chi connectivity index (χ0n) is 15.6. The molecule has 1 aliphatic rings. The Hall–Kier alpha value is -2.09. The van der Waals surface area contributed by atoms with Gasteiger partial charge >= 0.3 is 0 Å². The average Bonchev–Trinajstić information content (AvgIpc) is 2.68. The lowest BCUT2D eigenvalue weighted by molar-refractivity contribution is -0.131. The molecular formula is C20H23ClN2O4S. The Balaban J connectivity index is 1.53. The molecule has 0 radical (unpaired) electrons. The van der Waals surface area contributed by atoms with Crippen LogP contribution in [0.5, 0.6) is 5.75 Å². The maximum absolute atomic E-state index is 12.5. The molecule has 1 fully saturated rings. The van der Waals surface area contributed by atoms with Gasteiger partial charge in [-0.25, -0.2) is 13.1 Å². The third-order valence-corrected chi connectivity index (χ3v) is 6.57. The molecule has 1 saturated heterocycles. The zero-order valence-corrected chi connectivity index (χ0v) is 17.2. The van der Waals surface area contributed by atoms with Crippen LogP contribution < -0.4 is 9.46 Å². The van der Waals surface area contributed by atoms with Crippen LogP contribution >= 0.6 is 11.6 Å². The van der Waals surface area contributed by atoms with Crippen LogP contribution in [0.15, 0.2) is 53.4 Å². The lowest BCUT2D eigenvalue weighted by Crippen LogP contribution is -2.46. The van der Waals surface area contributed by atoms with E-state index in [1.807, 2.05) is 24.3 Å². The van der Waals surface area contributed by atoms with Gasteiger partial charge in [0.05, 0.1) is 18.4 Å². The molecule has 28 heavy (non-hydrogen) atoms. The lowest BCUT2D eigenvalue weighted by atomic mass is 10.0. The van der Waals surface area contributed by atoms with E-state index in [2.05, 4.69) is 4.72 Å². The smallest absolute Gasteiger partial charge is 0.240 e. The molecule has 8 heteroatoms. The van der Waals surface area contributed by atoms with Crippen LogP contribution in [0, 0.1) is 0 Å². The molecule has 1 amide bonds. The van der Waals surface area contributed by atoms with Crippen molar-refractivity contribution in [1.29, 1.82) is 0 Å². The molecule has 2 aromatic carbocycles. The van der Waals surface area contributed by atoms with Crippen LogP contribution in [-0.2, 0) is 21.2 Å². The van der Waals surface area contributed by atoms with Crippen molar-refractivity contribution in [3.05, 3.63) is 59.1 Å². The summed E-state index contributed by atoms with van der Waals surface area (Å²) in [5, 5.41) is 0.488. The molecule has 0 atom stereocenters. The summed E-state index contributed by atoms with van der Waals surface area (Å²) in [7, 11) is -2.00. The number of nitrogens with one attached hydrogen (secondary N) is 1. The predicted octanol–water partition coefficient (Wildman–Crippen LogP) is 2.86. The third-order valence-electron chi connectivity index (χ3n) is 4.78. The number of carbonyl (C=O) groups excluding carboxylic acids is 1. The SMILES string of the molecule is COc1cccc(CC(=O)N2CCC(NS(=O)(=O)c3ccc(Cl)cc3)CC2)c1. The number of amides is 1. The summed E-state index contributed by atoms with van der Waals surface area (Å²) in [6.07, 6.45) is 1.46. The van der Waals surface area contributed by atoms with Gasteiger partial charge in [-0.15, -0.1) is 0 Å². The Morgan fingerprint density at radius 1 is 1.18 bits per heavy atom. The molecular weight excluding hydrogens is 400 g/mol. The van der Waals surface area contributed by atoms with E-state index in [1.165, 1.54) is 12.1 Å². The number of hydrogen-bond donors (Lipinski definition) is 1. The molecule has 0 aliphatic carbocycles. The van der Waals surface area contributed by atoms with Gasteiger partial charge in [0, 0.05) is 24.2 Å². The van der Waals surface area contributed by atoms with Crippen LogP contribution in [0.25, 0.3) is 0 Å². The molecule has 150 valence electrons. The zero-order chi connectivity index (χ0) is 20.1. The van der Waals surface area contributed by atoms with Crippen LogP contribution in [0.3, 0.4) is 0 Å². The minimum Gasteiger partial charge on any atom is -0.497 e. The molecule has 0 saturated carbocycles. The largest absolute Gasteiger partial charge is 0.497 e. The number of piperidine rings is 1. The Bertz CT molecular complexity index is 923. The predicted molar refractivity (Wildman–Crippen MR) is 108 cm³/mol. The number of methoxy groups -OCH3 is 1. The number of halogens is 1. The lowest BCUT2D eigenvalue weighted by Gasteiger charge is -2.32. The number of benzene rings is 2. The van der Waals surface area contributed by atoms with Crippen molar-refractivity contribution in [2.24, 2.45) is 0 Å². The second-order valence-corrected chi connectivity index (χ2v) is 8.91. The van der Waals surface area contributed by atoms with E-state index in [-0.39, 0.29) is 16.8 Å². The van der Waals surface area contributed by atoms with Crippen LogP contribution in [0.1, 0.15) is 18.4 Å². The number of ether oxygens (including phenoxy) is 1. The van der Waals surface area contributed by atoms with Crippen molar-refractivity contribution in [1.82, 2.24) is 9.62 Å². The van der Waals surface area contributed by atoms with E-state index in [9.17, 15) is 13.2 Å². The van der Waals surface area contributed by atoms with Crippen LogP contribution in [0.2, 0.25) is 5.02 Å². The minimum absolute atomic E-state index is 0.0345. The second-order valence-electron chi connectivity index (χ2n) is 6.76. The highest BCUT2D eigenvalue weighted by atomic mass is 35.5. The summed E-state index contributed by atoms with van der Waals surface area (Å²) in [5.74, 6) is 0.757. The van der Waals surface area contributed by atoms with E-state index in [0.29, 0.717) is 37.4 Å². The number of rotatable bonds is 6. The number of likely N-dealkylation sites (tertiary alicyclic amines) is 1. The summed E-state index contributed by atoms with van der Waals surface area (Å²) >= 11 is 5.81. The maximum Gasteiger partial charge on any atom is 0.240 e. The molecule has 0 unspecified atom stereocenters. The maximum atomic E-state index is 12.5. The molecule has 0 spiro atoms. The fourth-order valence-electron chi connectivity index (χ4n) is 3.22. The molecule has 0 bridgehead atoms. The first-order valence-electron chi connectivity index (χ1n) is 9.06. The van der Waals surface area contributed by atoms with Crippen molar-refractivity contribution in [3.63, 3.8) is 0 Å². The third kappa shape index (κ3) is 5.25. The summed E-state index contributed by atoms with van der Waals surface area (Å²) in [6.45, 7) is 1.05. The Labute approximate surface area is 170 Å². The molecule has 1 N–H and O–H groups in total. The number of sulfonamides is 1. The van der Waals surface area contributed by atoms with Crippen LogP contribution in [-0.4, -0.2) is 45.5 Å². The van der Waals surface area contributed by atoms with Gasteiger partial charge in [-0.2, -0.15) is 0 Å². The molecule has 2 aromatic rings. The van der Waals surface area contributed by atoms with Crippen molar-refractivity contribution < 1.29 is 17.9 Å². The summed E-state index contributed by atoms with van der Waals surface area (Å²) < 4.78 is 32.9. The fraction of sp³-hybridized carbons (Fsp3) is 0.350. The van der Waals surface area contributed by atoms with Gasteiger partial charge in [0.1, 0.15) is 5.75 Å². The molecule has 1 aliphatic heterocycles. The topological polar surface area (TPSA) is 75.7 Å².